The second-order valence-corrected chi connectivity index (χ2v) is 4.76. The summed E-state index contributed by atoms with van der Waals surface area (Å²) in [6.45, 7) is 2.08. The Balaban J connectivity index is 1.85. The molecule has 1 N–H and O–H groups in total. The van der Waals surface area contributed by atoms with E-state index in [0.717, 1.165) is 17.0 Å². The molecule has 0 fully saturated rings. The maximum absolute atomic E-state index is 4.55. The number of benzene rings is 1. The van der Waals surface area contributed by atoms with Gasteiger partial charge in [0.1, 0.15) is 5.82 Å². The lowest BCUT2D eigenvalue weighted by molar-refractivity contribution is 0.918. The van der Waals surface area contributed by atoms with Gasteiger partial charge >= 0.3 is 0 Å². The lowest BCUT2D eigenvalue weighted by Crippen LogP contribution is -1.98. The number of nitrogens with zero attached hydrogens (tertiary/aromatic N) is 3. The van der Waals surface area contributed by atoms with Gasteiger partial charge in [-0.2, -0.15) is 5.10 Å². The van der Waals surface area contributed by atoms with Gasteiger partial charge in [-0.05, 0) is 36.8 Å². The van der Waals surface area contributed by atoms with Gasteiger partial charge in [0.15, 0.2) is 0 Å². The molecule has 3 rings (SSSR count). The fourth-order valence-electron chi connectivity index (χ4n) is 2.18. The van der Waals surface area contributed by atoms with Crippen molar-refractivity contribution in [2.75, 3.05) is 5.43 Å². The van der Waals surface area contributed by atoms with E-state index in [9.17, 15) is 0 Å². The number of hydrogen-bond donors (Lipinski definition) is 1. The van der Waals surface area contributed by atoms with Gasteiger partial charge in [-0.3, -0.25) is 5.43 Å². The summed E-state index contributed by atoms with van der Waals surface area (Å²) in [7, 11) is 1.99. The first-order valence-corrected chi connectivity index (χ1v) is 6.51. The van der Waals surface area contributed by atoms with Crippen LogP contribution in [0.15, 0.2) is 53.8 Å². The van der Waals surface area contributed by atoms with Gasteiger partial charge in [-0.1, -0.05) is 18.2 Å². The lowest BCUT2D eigenvalue weighted by atomic mass is 10.1. The van der Waals surface area contributed by atoms with Crippen molar-refractivity contribution in [3.63, 3.8) is 0 Å². The van der Waals surface area contributed by atoms with E-state index >= 15 is 0 Å². The van der Waals surface area contributed by atoms with E-state index in [1.165, 1.54) is 10.9 Å². The van der Waals surface area contributed by atoms with Crippen LogP contribution in [0, 0.1) is 6.92 Å². The van der Waals surface area contributed by atoms with Crippen LogP contribution in [-0.2, 0) is 7.05 Å². The third kappa shape index (κ3) is 2.40. The Bertz CT molecular complexity index is 771. The molecular weight excluding hydrogens is 248 g/mol. The molecule has 2 aromatic heterocycles. The largest absolute Gasteiger partial charge is 0.350 e. The first-order valence-electron chi connectivity index (χ1n) is 6.51. The summed E-state index contributed by atoms with van der Waals surface area (Å²) in [5.74, 6) is 0.756. The SMILES string of the molecule is Cc1cc(NN=Cc2cccn2C)nc2ccccc12. The molecular formula is C16H16N4. The minimum atomic E-state index is 0.756. The molecule has 0 amide bonds. The molecule has 0 aliphatic rings. The zero-order valence-corrected chi connectivity index (χ0v) is 11.5. The standard InChI is InChI=1S/C16H16N4/c1-12-10-16(18-15-8-4-3-7-14(12)15)19-17-11-13-6-5-9-20(13)2/h3-11H,1-2H3,(H,18,19). The highest BCUT2D eigenvalue weighted by molar-refractivity contribution is 5.84. The van der Waals surface area contributed by atoms with Crippen molar-refractivity contribution in [2.24, 2.45) is 12.1 Å². The molecule has 0 unspecified atom stereocenters. The van der Waals surface area contributed by atoms with Gasteiger partial charge < -0.3 is 4.57 Å². The average Bonchev–Trinajstić information content (AvgIpc) is 2.85. The van der Waals surface area contributed by atoms with E-state index in [0.29, 0.717) is 0 Å². The number of pyridine rings is 1. The van der Waals surface area contributed by atoms with Crippen LogP contribution in [0.25, 0.3) is 10.9 Å². The molecule has 0 radical (unpaired) electrons. The Labute approximate surface area is 117 Å². The summed E-state index contributed by atoms with van der Waals surface area (Å²) in [5.41, 5.74) is 6.19. The molecule has 2 heterocycles. The lowest BCUT2D eigenvalue weighted by Gasteiger charge is -2.05. The topological polar surface area (TPSA) is 42.2 Å². The molecule has 20 heavy (non-hydrogen) atoms. The molecule has 1 aromatic carbocycles. The molecule has 0 bridgehead atoms. The molecule has 0 atom stereocenters. The normalized spacial score (nSPS) is 11.3. The Morgan fingerprint density at radius 1 is 1.20 bits per heavy atom. The predicted octanol–water partition coefficient (Wildman–Crippen LogP) is 3.33. The number of anilines is 1. The van der Waals surface area contributed by atoms with Crippen molar-refractivity contribution in [1.82, 2.24) is 9.55 Å². The Morgan fingerprint density at radius 2 is 2.05 bits per heavy atom. The van der Waals surface area contributed by atoms with Gasteiger partial charge in [0.2, 0.25) is 0 Å². The minimum absolute atomic E-state index is 0.756. The fraction of sp³-hybridized carbons (Fsp3) is 0.125. The van der Waals surface area contributed by atoms with Gasteiger partial charge in [0.05, 0.1) is 17.4 Å². The van der Waals surface area contributed by atoms with Crippen LogP contribution >= 0.6 is 0 Å². The average molecular weight is 264 g/mol. The smallest absolute Gasteiger partial charge is 0.147 e. The molecule has 3 aromatic rings. The molecule has 100 valence electrons. The number of rotatable bonds is 3. The van der Waals surface area contributed by atoms with Crippen LogP contribution in [0.5, 0.6) is 0 Å². The number of fused-ring (bicyclic) bond motifs is 1. The molecule has 0 aliphatic heterocycles. The van der Waals surface area contributed by atoms with Crippen LogP contribution in [0.4, 0.5) is 5.82 Å². The van der Waals surface area contributed by atoms with E-state index in [2.05, 4.69) is 28.5 Å². The van der Waals surface area contributed by atoms with Crippen molar-refractivity contribution in [3.8, 4) is 0 Å². The van der Waals surface area contributed by atoms with Crippen molar-refractivity contribution in [3.05, 3.63) is 59.9 Å². The van der Waals surface area contributed by atoms with Crippen LogP contribution in [0.1, 0.15) is 11.3 Å². The predicted molar refractivity (Wildman–Crippen MR) is 83.1 cm³/mol. The van der Waals surface area contributed by atoms with Crippen LogP contribution in [0.2, 0.25) is 0 Å². The van der Waals surface area contributed by atoms with Gasteiger partial charge in [-0.25, -0.2) is 4.98 Å². The minimum Gasteiger partial charge on any atom is -0.350 e. The van der Waals surface area contributed by atoms with Crippen LogP contribution < -0.4 is 5.43 Å². The number of nitrogens with one attached hydrogen (secondary N) is 1. The Kier molecular flexibility index (Phi) is 3.21. The molecule has 0 saturated carbocycles. The second-order valence-electron chi connectivity index (χ2n) is 4.76. The third-order valence-corrected chi connectivity index (χ3v) is 3.28. The maximum atomic E-state index is 4.55. The summed E-state index contributed by atoms with van der Waals surface area (Å²) in [6, 6.07) is 14.1. The fourth-order valence-corrected chi connectivity index (χ4v) is 2.18. The van der Waals surface area contributed by atoms with Crippen LogP contribution in [0.3, 0.4) is 0 Å². The zero-order valence-electron chi connectivity index (χ0n) is 11.5. The number of aromatic nitrogens is 2. The van der Waals surface area contributed by atoms with Crippen molar-refractivity contribution in [2.45, 2.75) is 6.92 Å². The highest BCUT2D eigenvalue weighted by Gasteiger charge is 2.01. The Morgan fingerprint density at radius 3 is 2.85 bits per heavy atom. The maximum Gasteiger partial charge on any atom is 0.147 e. The monoisotopic (exact) mass is 264 g/mol. The van der Waals surface area contributed by atoms with Gasteiger partial charge in [0.25, 0.3) is 0 Å². The molecule has 0 saturated heterocycles. The summed E-state index contributed by atoms with van der Waals surface area (Å²) >= 11 is 0. The number of hydrogen-bond acceptors (Lipinski definition) is 3. The highest BCUT2D eigenvalue weighted by atomic mass is 15.3. The van der Waals surface area contributed by atoms with E-state index in [1.54, 1.807) is 6.21 Å². The van der Waals surface area contributed by atoms with Crippen LogP contribution in [-0.4, -0.2) is 15.8 Å². The van der Waals surface area contributed by atoms with Gasteiger partial charge in [-0.15, -0.1) is 0 Å². The third-order valence-electron chi connectivity index (χ3n) is 3.28. The van der Waals surface area contributed by atoms with E-state index in [-0.39, 0.29) is 0 Å². The molecule has 0 aliphatic carbocycles. The van der Waals surface area contributed by atoms with Crippen molar-refractivity contribution < 1.29 is 0 Å². The molecule has 0 spiro atoms. The number of para-hydroxylation sites is 1. The quantitative estimate of drug-likeness (QED) is 0.582. The summed E-state index contributed by atoms with van der Waals surface area (Å²) < 4.78 is 2.00. The Hall–Kier alpha value is -2.62. The number of hydrazone groups is 1. The van der Waals surface area contributed by atoms with E-state index in [1.807, 2.05) is 54.2 Å². The van der Waals surface area contributed by atoms with Crippen molar-refractivity contribution in [1.29, 1.82) is 0 Å². The summed E-state index contributed by atoms with van der Waals surface area (Å²) in [6.07, 6.45) is 3.77. The number of aryl methyl sites for hydroxylation is 2. The molecule has 4 nitrogen and oxygen atoms in total. The molecule has 4 heteroatoms. The first kappa shape index (κ1) is 12.4. The second kappa shape index (κ2) is 5.17. The summed E-state index contributed by atoms with van der Waals surface area (Å²) in [4.78, 5) is 4.55. The first-order chi connectivity index (χ1) is 9.74. The van der Waals surface area contributed by atoms with E-state index in [4.69, 9.17) is 0 Å². The zero-order chi connectivity index (χ0) is 13.9. The van der Waals surface area contributed by atoms with Crippen molar-refractivity contribution >= 4 is 22.9 Å². The highest BCUT2D eigenvalue weighted by Crippen LogP contribution is 2.19. The van der Waals surface area contributed by atoms with Gasteiger partial charge in [0, 0.05) is 18.6 Å². The van der Waals surface area contributed by atoms with E-state index < -0.39 is 0 Å². The summed E-state index contributed by atoms with van der Waals surface area (Å²) in [5, 5.41) is 5.41.